The number of nitrogens with zero attached hydrogens (tertiary/aromatic N) is 5. The number of halogens is 4. The molecule has 0 unspecified atom stereocenters. The number of aromatic nitrogens is 3. The number of nitrogens with one attached hydrogen (secondary N) is 1. The highest BCUT2D eigenvalue weighted by Crippen LogP contribution is 2.34. The van der Waals surface area contributed by atoms with Crippen LogP contribution in [0.2, 0.25) is 0 Å². The second kappa shape index (κ2) is 11.7. The summed E-state index contributed by atoms with van der Waals surface area (Å²) in [6, 6.07) is 4.41. The second-order valence-electron chi connectivity index (χ2n) is 8.40. The summed E-state index contributed by atoms with van der Waals surface area (Å²) in [4.78, 5) is 28.1. The van der Waals surface area contributed by atoms with Gasteiger partial charge in [-0.3, -0.25) is 4.79 Å². The SMILES string of the molecule is CN(C)CCCN(C)c1ncc(C(F)(F)F)cc1NC(=O)c1cc(C#Cc2cnc(N)nc2)ccc1F. The van der Waals surface area contributed by atoms with Crippen LogP contribution in [0, 0.1) is 17.7 Å². The maximum absolute atomic E-state index is 14.5. The van der Waals surface area contributed by atoms with Gasteiger partial charge in [0.1, 0.15) is 5.82 Å². The molecule has 1 aromatic carbocycles. The van der Waals surface area contributed by atoms with E-state index in [1.165, 1.54) is 24.5 Å². The minimum atomic E-state index is -4.68. The maximum atomic E-state index is 14.5. The highest BCUT2D eigenvalue weighted by Gasteiger charge is 2.32. The Kier molecular flexibility index (Phi) is 8.62. The summed E-state index contributed by atoms with van der Waals surface area (Å²) in [5.74, 6) is 3.94. The molecule has 0 bridgehead atoms. The normalized spacial score (nSPS) is 11.1. The van der Waals surface area contributed by atoms with Crippen molar-refractivity contribution in [3.63, 3.8) is 0 Å². The van der Waals surface area contributed by atoms with Gasteiger partial charge in [-0.15, -0.1) is 0 Å². The number of pyridine rings is 1. The van der Waals surface area contributed by atoms with E-state index < -0.39 is 23.5 Å². The molecule has 0 saturated carbocycles. The van der Waals surface area contributed by atoms with Gasteiger partial charge >= 0.3 is 6.18 Å². The third kappa shape index (κ3) is 7.62. The van der Waals surface area contributed by atoms with Gasteiger partial charge in [-0.05, 0) is 51.3 Å². The molecule has 37 heavy (non-hydrogen) atoms. The maximum Gasteiger partial charge on any atom is 0.417 e. The average molecular weight is 516 g/mol. The largest absolute Gasteiger partial charge is 0.417 e. The van der Waals surface area contributed by atoms with Crippen LogP contribution < -0.4 is 16.0 Å². The molecule has 1 amide bonds. The molecular weight excluding hydrogens is 490 g/mol. The zero-order valence-electron chi connectivity index (χ0n) is 20.4. The van der Waals surface area contributed by atoms with E-state index in [0.29, 0.717) is 30.3 Å². The van der Waals surface area contributed by atoms with Crippen LogP contribution in [0.4, 0.5) is 35.0 Å². The molecule has 3 N–H and O–H groups in total. The number of hydrogen-bond acceptors (Lipinski definition) is 7. The van der Waals surface area contributed by atoms with Crippen LogP contribution in [0.25, 0.3) is 0 Å². The Labute approximate surface area is 211 Å². The Morgan fingerprint density at radius 3 is 2.32 bits per heavy atom. The number of carbonyl (C=O) groups is 1. The second-order valence-corrected chi connectivity index (χ2v) is 8.40. The summed E-state index contributed by atoms with van der Waals surface area (Å²) >= 11 is 0. The Morgan fingerprint density at radius 1 is 1.00 bits per heavy atom. The molecule has 194 valence electrons. The third-order valence-corrected chi connectivity index (χ3v) is 5.14. The van der Waals surface area contributed by atoms with Crippen molar-refractivity contribution < 1.29 is 22.4 Å². The third-order valence-electron chi connectivity index (χ3n) is 5.14. The molecule has 0 spiro atoms. The lowest BCUT2D eigenvalue weighted by molar-refractivity contribution is -0.137. The Balaban J connectivity index is 1.89. The minimum absolute atomic E-state index is 0.0816. The van der Waals surface area contributed by atoms with E-state index in [2.05, 4.69) is 32.1 Å². The fourth-order valence-electron chi connectivity index (χ4n) is 3.25. The van der Waals surface area contributed by atoms with Crippen molar-refractivity contribution in [2.24, 2.45) is 0 Å². The Bertz CT molecular complexity index is 1320. The molecule has 0 aliphatic heterocycles. The smallest absolute Gasteiger partial charge is 0.368 e. The molecule has 0 fully saturated rings. The molecule has 0 atom stereocenters. The first-order chi connectivity index (χ1) is 17.4. The minimum Gasteiger partial charge on any atom is -0.368 e. The molecule has 8 nitrogen and oxygen atoms in total. The average Bonchev–Trinajstić information content (AvgIpc) is 2.83. The number of amides is 1. The van der Waals surface area contributed by atoms with Crippen LogP contribution in [-0.4, -0.2) is 60.0 Å². The van der Waals surface area contributed by atoms with Crippen LogP contribution in [-0.2, 0) is 6.18 Å². The lowest BCUT2D eigenvalue weighted by Gasteiger charge is -2.23. The van der Waals surface area contributed by atoms with E-state index in [0.717, 1.165) is 18.7 Å². The quantitative estimate of drug-likeness (QED) is 0.366. The summed E-state index contributed by atoms with van der Waals surface area (Å²) in [7, 11) is 5.45. The molecule has 12 heteroatoms. The first kappa shape index (κ1) is 27.3. The zero-order chi connectivity index (χ0) is 27.2. The highest BCUT2D eigenvalue weighted by atomic mass is 19.4. The Hall–Kier alpha value is -4.24. The molecule has 0 aliphatic rings. The summed E-state index contributed by atoms with van der Waals surface area (Å²) in [6.45, 7) is 1.21. The van der Waals surface area contributed by atoms with Gasteiger partial charge in [-0.2, -0.15) is 13.2 Å². The van der Waals surface area contributed by atoms with Crippen LogP contribution >= 0.6 is 0 Å². The number of rotatable bonds is 7. The van der Waals surface area contributed by atoms with E-state index in [9.17, 15) is 22.4 Å². The van der Waals surface area contributed by atoms with Gasteiger partial charge in [0, 0.05) is 37.7 Å². The van der Waals surface area contributed by atoms with Crippen molar-refractivity contribution in [1.29, 1.82) is 0 Å². The van der Waals surface area contributed by atoms with Crippen LogP contribution in [0.15, 0.2) is 42.9 Å². The first-order valence-electron chi connectivity index (χ1n) is 11.1. The number of anilines is 3. The predicted molar refractivity (Wildman–Crippen MR) is 132 cm³/mol. The van der Waals surface area contributed by atoms with Crippen LogP contribution in [0.1, 0.15) is 33.5 Å². The molecule has 0 saturated heterocycles. The molecular formula is C25H25F4N7O. The highest BCUT2D eigenvalue weighted by molar-refractivity contribution is 6.06. The van der Waals surface area contributed by atoms with Crippen LogP contribution in [0.5, 0.6) is 0 Å². The van der Waals surface area contributed by atoms with Crippen molar-refractivity contribution in [2.45, 2.75) is 12.6 Å². The summed E-state index contributed by atoms with van der Waals surface area (Å²) in [6.07, 6.45) is -0.465. The topological polar surface area (TPSA) is 100 Å². The predicted octanol–water partition coefficient (Wildman–Crippen LogP) is 3.65. The zero-order valence-corrected chi connectivity index (χ0v) is 20.4. The number of benzene rings is 1. The monoisotopic (exact) mass is 515 g/mol. The fraction of sp³-hybridized carbons (Fsp3) is 0.280. The lowest BCUT2D eigenvalue weighted by Crippen LogP contribution is -2.26. The Morgan fingerprint density at radius 2 is 1.68 bits per heavy atom. The molecule has 3 rings (SSSR count). The van der Waals surface area contributed by atoms with Gasteiger partial charge in [0.15, 0.2) is 5.82 Å². The number of carbonyl (C=O) groups excluding carboxylic acids is 1. The number of hydrogen-bond donors (Lipinski definition) is 2. The van der Waals surface area contributed by atoms with Crippen molar-refractivity contribution >= 4 is 23.4 Å². The van der Waals surface area contributed by atoms with E-state index in [1.54, 1.807) is 11.9 Å². The number of nitrogen functional groups attached to an aromatic ring is 1. The van der Waals surface area contributed by atoms with E-state index in [4.69, 9.17) is 5.73 Å². The molecule has 0 radical (unpaired) electrons. The van der Waals surface area contributed by atoms with Crippen molar-refractivity contribution in [3.05, 3.63) is 70.9 Å². The summed E-state index contributed by atoms with van der Waals surface area (Å²) in [5, 5.41) is 2.39. The van der Waals surface area contributed by atoms with Gasteiger partial charge < -0.3 is 20.9 Å². The van der Waals surface area contributed by atoms with E-state index in [-0.39, 0.29) is 23.0 Å². The van der Waals surface area contributed by atoms with Gasteiger partial charge in [-0.1, -0.05) is 11.8 Å². The molecule has 3 aromatic rings. The number of alkyl halides is 3. The van der Waals surface area contributed by atoms with Crippen molar-refractivity contribution in [1.82, 2.24) is 19.9 Å². The van der Waals surface area contributed by atoms with Gasteiger partial charge in [0.2, 0.25) is 5.95 Å². The van der Waals surface area contributed by atoms with Crippen LogP contribution in [0.3, 0.4) is 0 Å². The fourth-order valence-corrected chi connectivity index (χ4v) is 3.25. The summed E-state index contributed by atoms with van der Waals surface area (Å²) in [5.41, 5.74) is 4.56. The molecule has 2 heterocycles. The number of nitrogens with two attached hydrogens (primary N) is 1. The first-order valence-corrected chi connectivity index (χ1v) is 11.1. The summed E-state index contributed by atoms with van der Waals surface area (Å²) < 4.78 is 54.6. The van der Waals surface area contributed by atoms with Gasteiger partial charge in [0.05, 0.1) is 22.4 Å². The van der Waals surface area contributed by atoms with Gasteiger partial charge in [0.25, 0.3) is 5.91 Å². The molecule has 2 aromatic heterocycles. The van der Waals surface area contributed by atoms with E-state index >= 15 is 0 Å². The molecule has 0 aliphatic carbocycles. The van der Waals surface area contributed by atoms with Crippen molar-refractivity contribution in [2.75, 3.05) is 50.2 Å². The van der Waals surface area contributed by atoms with E-state index in [1.807, 2.05) is 19.0 Å². The standard InChI is InChI=1S/C25H25F4N7O/c1-35(2)9-4-10-36(3)22-21(12-18(15-31-22)25(27,28)29)34-23(37)19-11-16(7-8-20(19)26)5-6-17-13-32-24(30)33-14-17/h7-8,11-15H,4,9-10H2,1-3H3,(H,34,37)(H2,30,32,33). The van der Waals surface area contributed by atoms with Crippen molar-refractivity contribution in [3.8, 4) is 11.8 Å². The van der Waals surface area contributed by atoms with Gasteiger partial charge in [-0.25, -0.2) is 19.3 Å². The lowest BCUT2D eigenvalue weighted by atomic mass is 10.1.